The standard InChI is InChI=1S/C12H19N3O5S2/c1-14(12-5-4-11(20-2)6-13-12)22(18,19)9-10-7-15(8-10)21(3,16)17/h4-6,10H,7-9H2,1-3H3. The Morgan fingerprint density at radius 1 is 1.32 bits per heavy atom. The van der Waals surface area contributed by atoms with Crippen LogP contribution in [0.2, 0.25) is 0 Å². The molecule has 124 valence electrons. The van der Waals surface area contributed by atoms with Gasteiger partial charge >= 0.3 is 0 Å². The fourth-order valence-electron chi connectivity index (χ4n) is 2.13. The fourth-order valence-corrected chi connectivity index (χ4v) is 4.52. The summed E-state index contributed by atoms with van der Waals surface area (Å²) in [6, 6.07) is 3.18. The van der Waals surface area contributed by atoms with Gasteiger partial charge in [0.25, 0.3) is 0 Å². The van der Waals surface area contributed by atoms with Crippen LogP contribution in [0.5, 0.6) is 5.75 Å². The van der Waals surface area contributed by atoms with Crippen LogP contribution in [0.4, 0.5) is 5.82 Å². The number of methoxy groups -OCH3 is 1. The van der Waals surface area contributed by atoms with Crippen molar-refractivity contribution in [3.05, 3.63) is 18.3 Å². The molecular weight excluding hydrogens is 330 g/mol. The van der Waals surface area contributed by atoms with Crippen LogP contribution in [0.3, 0.4) is 0 Å². The number of rotatable bonds is 6. The zero-order valence-electron chi connectivity index (χ0n) is 12.6. The van der Waals surface area contributed by atoms with Crippen LogP contribution in [0.1, 0.15) is 0 Å². The van der Waals surface area contributed by atoms with Gasteiger partial charge in [0.05, 0.1) is 25.3 Å². The number of hydrogen-bond donors (Lipinski definition) is 0. The number of sulfonamides is 2. The topological polar surface area (TPSA) is 96.9 Å². The second-order valence-electron chi connectivity index (χ2n) is 5.25. The van der Waals surface area contributed by atoms with Crippen molar-refractivity contribution in [3.63, 3.8) is 0 Å². The van der Waals surface area contributed by atoms with E-state index in [4.69, 9.17) is 4.74 Å². The highest BCUT2D eigenvalue weighted by atomic mass is 32.2. The molecule has 1 aliphatic heterocycles. The van der Waals surface area contributed by atoms with Gasteiger partial charge in [0.15, 0.2) is 0 Å². The van der Waals surface area contributed by atoms with Crippen LogP contribution in [-0.4, -0.2) is 65.4 Å². The minimum Gasteiger partial charge on any atom is -0.495 e. The van der Waals surface area contributed by atoms with Crippen LogP contribution < -0.4 is 9.04 Å². The normalized spacial score (nSPS) is 17.0. The molecule has 1 fully saturated rings. The minimum absolute atomic E-state index is 0.108. The highest BCUT2D eigenvalue weighted by Crippen LogP contribution is 2.23. The summed E-state index contributed by atoms with van der Waals surface area (Å²) in [4.78, 5) is 4.04. The molecule has 1 saturated heterocycles. The molecule has 0 unspecified atom stereocenters. The lowest BCUT2D eigenvalue weighted by Gasteiger charge is -2.37. The number of aromatic nitrogens is 1. The van der Waals surface area contributed by atoms with E-state index in [1.54, 1.807) is 12.1 Å². The molecule has 0 aromatic carbocycles. The summed E-state index contributed by atoms with van der Waals surface area (Å²) in [6.45, 7) is 0.476. The summed E-state index contributed by atoms with van der Waals surface area (Å²) in [5.74, 6) is 0.529. The van der Waals surface area contributed by atoms with Crippen molar-refractivity contribution in [2.45, 2.75) is 0 Å². The van der Waals surface area contributed by atoms with Crippen LogP contribution in [0.15, 0.2) is 18.3 Å². The summed E-state index contributed by atoms with van der Waals surface area (Å²) < 4.78 is 54.6. The molecule has 0 spiro atoms. The molecule has 0 atom stereocenters. The molecule has 1 aromatic rings. The molecule has 0 bridgehead atoms. The Bertz CT molecular complexity index is 725. The largest absolute Gasteiger partial charge is 0.495 e. The van der Waals surface area contributed by atoms with Crippen molar-refractivity contribution in [3.8, 4) is 5.75 Å². The highest BCUT2D eigenvalue weighted by Gasteiger charge is 2.37. The lowest BCUT2D eigenvalue weighted by atomic mass is 10.1. The van der Waals surface area contributed by atoms with Crippen LogP contribution in [0.25, 0.3) is 0 Å². The Hall–Kier alpha value is -1.39. The van der Waals surface area contributed by atoms with Gasteiger partial charge in [0, 0.05) is 26.1 Å². The summed E-state index contributed by atoms with van der Waals surface area (Å²) in [6.07, 6.45) is 2.56. The van der Waals surface area contributed by atoms with Crippen LogP contribution >= 0.6 is 0 Å². The molecule has 2 heterocycles. The van der Waals surface area contributed by atoms with Crippen molar-refractivity contribution in [1.29, 1.82) is 0 Å². The first-order valence-electron chi connectivity index (χ1n) is 6.55. The van der Waals surface area contributed by atoms with E-state index >= 15 is 0 Å². The van der Waals surface area contributed by atoms with Crippen molar-refractivity contribution in [2.75, 3.05) is 43.6 Å². The molecule has 0 saturated carbocycles. The first kappa shape index (κ1) is 17.0. The smallest absolute Gasteiger partial charge is 0.236 e. The molecule has 22 heavy (non-hydrogen) atoms. The molecule has 1 aromatic heterocycles. The van der Waals surface area contributed by atoms with Crippen LogP contribution in [0, 0.1) is 5.92 Å². The molecule has 0 amide bonds. The highest BCUT2D eigenvalue weighted by molar-refractivity contribution is 7.92. The zero-order chi connectivity index (χ0) is 16.5. The van der Waals surface area contributed by atoms with Crippen LogP contribution in [-0.2, 0) is 20.0 Å². The van der Waals surface area contributed by atoms with Crippen molar-refractivity contribution < 1.29 is 21.6 Å². The molecule has 1 aliphatic rings. The third kappa shape index (κ3) is 3.68. The molecule has 0 N–H and O–H groups in total. The average molecular weight is 349 g/mol. The van der Waals surface area contributed by atoms with E-state index in [0.717, 1.165) is 10.6 Å². The van der Waals surface area contributed by atoms with E-state index in [9.17, 15) is 16.8 Å². The molecule has 2 rings (SSSR count). The molecule has 10 heteroatoms. The van der Waals surface area contributed by atoms with Crippen molar-refractivity contribution >= 4 is 25.9 Å². The molecule has 0 aliphatic carbocycles. The van der Waals surface area contributed by atoms with E-state index in [1.165, 1.54) is 24.7 Å². The van der Waals surface area contributed by atoms with E-state index in [2.05, 4.69) is 4.98 Å². The second kappa shape index (κ2) is 6.01. The Kier molecular flexibility index (Phi) is 4.64. The molecular formula is C12H19N3O5S2. The lowest BCUT2D eigenvalue weighted by Crippen LogP contribution is -2.52. The number of ether oxygens (including phenoxy) is 1. The number of hydrogen-bond acceptors (Lipinski definition) is 6. The number of anilines is 1. The van der Waals surface area contributed by atoms with Gasteiger partial charge in [0.1, 0.15) is 11.6 Å². The number of nitrogens with zero attached hydrogens (tertiary/aromatic N) is 3. The van der Waals surface area contributed by atoms with E-state index in [0.29, 0.717) is 11.6 Å². The maximum atomic E-state index is 12.3. The molecule has 0 radical (unpaired) electrons. The van der Waals surface area contributed by atoms with Gasteiger partial charge in [-0.15, -0.1) is 0 Å². The van der Waals surface area contributed by atoms with Gasteiger partial charge in [-0.05, 0) is 12.1 Å². The Morgan fingerprint density at radius 2 is 1.95 bits per heavy atom. The van der Waals surface area contributed by atoms with Gasteiger partial charge in [-0.3, -0.25) is 4.31 Å². The Morgan fingerprint density at radius 3 is 2.41 bits per heavy atom. The van der Waals surface area contributed by atoms with Gasteiger partial charge in [0.2, 0.25) is 20.0 Å². The van der Waals surface area contributed by atoms with Crippen molar-refractivity contribution in [1.82, 2.24) is 9.29 Å². The number of pyridine rings is 1. The quantitative estimate of drug-likeness (QED) is 0.702. The van der Waals surface area contributed by atoms with E-state index < -0.39 is 20.0 Å². The first-order chi connectivity index (χ1) is 10.1. The first-order valence-corrected chi connectivity index (χ1v) is 10.0. The monoisotopic (exact) mass is 349 g/mol. The zero-order valence-corrected chi connectivity index (χ0v) is 14.3. The van der Waals surface area contributed by atoms with Gasteiger partial charge in [-0.2, -0.15) is 0 Å². The summed E-state index contributed by atoms with van der Waals surface area (Å²) in [5, 5.41) is 0. The maximum Gasteiger partial charge on any atom is 0.236 e. The third-order valence-electron chi connectivity index (χ3n) is 3.54. The minimum atomic E-state index is -3.55. The second-order valence-corrected chi connectivity index (χ2v) is 9.28. The Labute approximate surface area is 130 Å². The van der Waals surface area contributed by atoms with Gasteiger partial charge < -0.3 is 4.74 Å². The third-order valence-corrected chi connectivity index (χ3v) is 6.69. The summed E-state index contributed by atoms with van der Waals surface area (Å²) in [7, 11) is -3.86. The lowest BCUT2D eigenvalue weighted by molar-refractivity contribution is 0.221. The van der Waals surface area contributed by atoms with Crippen molar-refractivity contribution in [2.24, 2.45) is 5.92 Å². The molecule has 8 nitrogen and oxygen atoms in total. The van der Waals surface area contributed by atoms with Gasteiger partial charge in [-0.1, -0.05) is 0 Å². The Balaban J connectivity index is 2.01. The maximum absolute atomic E-state index is 12.3. The predicted octanol–water partition coefficient (Wildman–Crippen LogP) is -0.252. The summed E-state index contributed by atoms with van der Waals surface area (Å²) >= 11 is 0. The SMILES string of the molecule is COc1ccc(N(C)S(=O)(=O)CC2CN(S(C)(=O)=O)C2)nc1. The average Bonchev–Trinajstić information content (AvgIpc) is 2.40. The predicted molar refractivity (Wildman–Crippen MR) is 82.9 cm³/mol. The summed E-state index contributed by atoms with van der Waals surface area (Å²) in [5.41, 5.74) is 0. The van der Waals surface area contributed by atoms with Gasteiger partial charge in [-0.25, -0.2) is 26.1 Å². The van der Waals surface area contributed by atoms with E-state index in [1.807, 2.05) is 0 Å². The fraction of sp³-hybridized carbons (Fsp3) is 0.583. The van der Waals surface area contributed by atoms with E-state index in [-0.39, 0.29) is 24.8 Å².